The quantitative estimate of drug-likeness (QED) is 0.449. The molecule has 1 nitrogen and oxygen atoms in total. The van der Waals surface area contributed by atoms with E-state index in [0.29, 0.717) is 5.41 Å². The highest BCUT2D eigenvalue weighted by molar-refractivity contribution is 4.86. The van der Waals surface area contributed by atoms with E-state index < -0.39 is 0 Å². The van der Waals surface area contributed by atoms with Crippen LogP contribution < -0.4 is 5.32 Å². The molecule has 126 valence electrons. The number of unbranched alkanes of at least 4 members (excludes halogenated alkanes) is 5. The van der Waals surface area contributed by atoms with Crippen LogP contribution in [0.4, 0.5) is 0 Å². The van der Waals surface area contributed by atoms with E-state index in [2.05, 4.69) is 33.0 Å². The number of hydrogen-bond donors (Lipinski definition) is 1. The highest BCUT2D eigenvalue weighted by atomic mass is 14.9. The fraction of sp³-hybridized carbons (Fsp3) is 1.00. The molecule has 21 heavy (non-hydrogen) atoms. The van der Waals surface area contributed by atoms with Gasteiger partial charge in [0.1, 0.15) is 0 Å². The van der Waals surface area contributed by atoms with E-state index >= 15 is 0 Å². The van der Waals surface area contributed by atoms with E-state index in [1.54, 1.807) is 0 Å². The SMILES string of the molecule is CCCCCCCCC1CC(C)(C)CCC1CNCCC. The Bertz CT molecular complexity index is 246. The molecule has 1 rings (SSSR count). The van der Waals surface area contributed by atoms with Gasteiger partial charge in [0.25, 0.3) is 0 Å². The van der Waals surface area contributed by atoms with Crippen molar-refractivity contribution in [1.82, 2.24) is 5.32 Å². The van der Waals surface area contributed by atoms with Gasteiger partial charge in [0, 0.05) is 0 Å². The van der Waals surface area contributed by atoms with Crippen LogP contribution in [-0.2, 0) is 0 Å². The lowest BCUT2D eigenvalue weighted by Gasteiger charge is -2.41. The zero-order valence-electron chi connectivity index (χ0n) is 15.3. The summed E-state index contributed by atoms with van der Waals surface area (Å²) in [6.45, 7) is 12.0. The Morgan fingerprint density at radius 1 is 0.905 bits per heavy atom. The van der Waals surface area contributed by atoms with Gasteiger partial charge < -0.3 is 5.32 Å². The topological polar surface area (TPSA) is 12.0 Å². The molecule has 0 aromatic rings. The van der Waals surface area contributed by atoms with Crippen molar-refractivity contribution in [3.05, 3.63) is 0 Å². The highest BCUT2D eigenvalue weighted by Crippen LogP contribution is 2.43. The van der Waals surface area contributed by atoms with Crippen molar-refractivity contribution in [2.75, 3.05) is 13.1 Å². The number of rotatable bonds is 11. The Morgan fingerprint density at radius 3 is 2.33 bits per heavy atom. The molecule has 1 fully saturated rings. The molecule has 0 heterocycles. The Morgan fingerprint density at radius 2 is 1.62 bits per heavy atom. The second-order valence-corrected chi connectivity index (χ2v) is 8.19. The minimum absolute atomic E-state index is 0.591. The Kier molecular flexibility index (Phi) is 9.64. The molecule has 2 atom stereocenters. The first-order valence-electron chi connectivity index (χ1n) is 9.79. The van der Waals surface area contributed by atoms with Crippen LogP contribution in [0.25, 0.3) is 0 Å². The van der Waals surface area contributed by atoms with Crippen molar-refractivity contribution in [2.45, 2.75) is 98.3 Å². The lowest BCUT2D eigenvalue weighted by molar-refractivity contribution is 0.108. The molecule has 0 aromatic heterocycles. The van der Waals surface area contributed by atoms with Gasteiger partial charge in [0.2, 0.25) is 0 Å². The first kappa shape index (κ1) is 19.0. The van der Waals surface area contributed by atoms with Gasteiger partial charge in [-0.2, -0.15) is 0 Å². The lowest BCUT2D eigenvalue weighted by atomic mass is 9.66. The summed E-state index contributed by atoms with van der Waals surface area (Å²) < 4.78 is 0. The molecule has 1 N–H and O–H groups in total. The minimum Gasteiger partial charge on any atom is -0.316 e. The van der Waals surface area contributed by atoms with Gasteiger partial charge in [-0.3, -0.25) is 0 Å². The third-order valence-corrected chi connectivity index (χ3v) is 5.44. The van der Waals surface area contributed by atoms with Crippen LogP contribution >= 0.6 is 0 Å². The average molecular weight is 296 g/mol. The zero-order chi connectivity index (χ0) is 15.6. The maximum Gasteiger partial charge on any atom is -0.00179 e. The summed E-state index contributed by atoms with van der Waals surface area (Å²) in [5.74, 6) is 1.92. The molecular formula is C20H41N. The fourth-order valence-corrected chi connectivity index (χ4v) is 4.05. The molecule has 1 aliphatic rings. The monoisotopic (exact) mass is 295 g/mol. The van der Waals surface area contributed by atoms with Crippen molar-refractivity contribution in [3.63, 3.8) is 0 Å². The zero-order valence-corrected chi connectivity index (χ0v) is 15.3. The van der Waals surface area contributed by atoms with E-state index in [4.69, 9.17) is 0 Å². The van der Waals surface area contributed by atoms with Crippen LogP contribution in [-0.4, -0.2) is 13.1 Å². The van der Waals surface area contributed by atoms with Gasteiger partial charge in [0.05, 0.1) is 0 Å². The normalized spacial score (nSPS) is 25.1. The molecule has 0 spiro atoms. The maximum atomic E-state index is 3.68. The largest absolute Gasteiger partial charge is 0.316 e. The molecule has 1 heteroatoms. The highest BCUT2D eigenvalue weighted by Gasteiger charge is 2.33. The lowest BCUT2D eigenvalue weighted by Crippen LogP contribution is -2.36. The van der Waals surface area contributed by atoms with Crippen molar-refractivity contribution in [3.8, 4) is 0 Å². The first-order valence-corrected chi connectivity index (χ1v) is 9.79. The molecule has 0 aliphatic heterocycles. The van der Waals surface area contributed by atoms with Crippen LogP contribution in [0, 0.1) is 17.3 Å². The van der Waals surface area contributed by atoms with E-state index in [1.807, 2.05) is 0 Å². The summed E-state index contributed by atoms with van der Waals surface area (Å²) in [5.41, 5.74) is 0.591. The van der Waals surface area contributed by atoms with Crippen molar-refractivity contribution in [2.24, 2.45) is 17.3 Å². The van der Waals surface area contributed by atoms with Crippen LogP contribution in [0.15, 0.2) is 0 Å². The summed E-state index contributed by atoms with van der Waals surface area (Å²) in [6, 6.07) is 0. The third kappa shape index (κ3) is 8.24. The molecule has 0 aromatic carbocycles. The summed E-state index contributed by atoms with van der Waals surface area (Å²) in [4.78, 5) is 0. The van der Waals surface area contributed by atoms with Crippen molar-refractivity contribution >= 4 is 0 Å². The van der Waals surface area contributed by atoms with Crippen LogP contribution in [0.1, 0.15) is 98.3 Å². The predicted molar refractivity (Wildman–Crippen MR) is 95.8 cm³/mol. The average Bonchev–Trinajstić information content (AvgIpc) is 2.44. The van der Waals surface area contributed by atoms with Crippen LogP contribution in [0.5, 0.6) is 0 Å². The second kappa shape index (κ2) is 10.6. The molecule has 0 radical (unpaired) electrons. The van der Waals surface area contributed by atoms with Crippen LogP contribution in [0.3, 0.4) is 0 Å². The first-order chi connectivity index (χ1) is 10.1. The Labute approximate surface area is 134 Å². The molecule has 1 aliphatic carbocycles. The van der Waals surface area contributed by atoms with E-state index in [9.17, 15) is 0 Å². The fourth-order valence-electron chi connectivity index (χ4n) is 4.05. The summed E-state index contributed by atoms with van der Waals surface area (Å²) in [5, 5.41) is 3.68. The molecule has 1 saturated carbocycles. The van der Waals surface area contributed by atoms with Gasteiger partial charge in [0.15, 0.2) is 0 Å². The summed E-state index contributed by atoms with van der Waals surface area (Å²) >= 11 is 0. The molecule has 0 amide bonds. The van der Waals surface area contributed by atoms with Crippen LogP contribution in [0.2, 0.25) is 0 Å². The smallest absolute Gasteiger partial charge is 0.00179 e. The van der Waals surface area contributed by atoms with Gasteiger partial charge in [-0.25, -0.2) is 0 Å². The van der Waals surface area contributed by atoms with Gasteiger partial charge in [-0.15, -0.1) is 0 Å². The standard InChI is InChI=1S/C20H41N/c1-5-7-8-9-10-11-12-18-16-20(3,4)14-13-19(18)17-21-15-6-2/h18-19,21H,5-17H2,1-4H3. The molecule has 2 unspecified atom stereocenters. The summed E-state index contributed by atoms with van der Waals surface area (Å²) in [7, 11) is 0. The maximum absolute atomic E-state index is 3.68. The summed E-state index contributed by atoms with van der Waals surface area (Å²) in [6.07, 6.45) is 15.7. The van der Waals surface area contributed by atoms with Gasteiger partial charge >= 0.3 is 0 Å². The van der Waals surface area contributed by atoms with Crippen molar-refractivity contribution in [1.29, 1.82) is 0 Å². The van der Waals surface area contributed by atoms with E-state index in [0.717, 1.165) is 11.8 Å². The second-order valence-electron chi connectivity index (χ2n) is 8.19. The van der Waals surface area contributed by atoms with E-state index in [-0.39, 0.29) is 0 Å². The van der Waals surface area contributed by atoms with E-state index in [1.165, 1.54) is 83.7 Å². The molecule has 0 saturated heterocycles. The van der Waals surface area contributed by atoms with Gasteiger partial charge in [-0.1, -0.05) is 72.6 Å². The Hall–Kier alpha value is -0.0400. The van der Waals surface area contributed by atoms with Gasteiger partial charge in [-0.05, 0) is 56.0 Å². The van der Waals surface area contributed by atoms with Crippen molar-refractivity contribution < 1.29 is 0 Å². The third-order valence-electron chi connectivity index (χ3n) is 5.44. The molecular weight excluding hydrogens is 254 g/mol. The number of hydrogen-bond acceptors (Lipinski definition) is 1. The predicted octanol–water partition coefficient (Wildman–Crippen LogP) is 6.18. The minimum atomic E-state index is 0.591. The Balaban J connectivity index is 2.29. The molecule has 0 bridgehead atoms. The number of nitrogens with one attached hydrogen (secondary N) is 1.